The van der Waals surface area contributed by atoms with Crippen LogP contribution in [0.3, 0.4) is 0 Å². The number of para-hydroxylation sites is 1. The van der Waals surface area contributed by atoms with Gasteiger partial charge in [-0.1, -0.05) is 41.9 Å². The molecule has 1 amide bonds. The molecule has 3 aromatic rings. The highest BCUT2D eigenvalue weighted by Gasteiger charge is 2.18. The number of halogens is 2. The number of anilines is 1. The van der Waals surface area contributed by atoms with E-state index in [1.54, 1.807) is 18.2 Å². The minimum Gasteiger partial charge on any atom is -0.348 e. The number of amides is 1. The van der Waals surface area contributed by atoms with Gasteiger partial charge in [0.05, 0.1) is 10.6 Å². The van der Waals surface area contributed by atoms with Crippen molar-refractivity contribution >= 4 is 33.2 Å². The Bertz CT molecular complexity index is 1120. The van der Waals surface area contributed by atoms with Crippen molar-refractivity contribution in [2.75, 3.05) is 4.72 Å². The summed E-state index contributed by atoms with van der Waals surface area (Å²) in [4.78, 5) is 12.2. The number of nitrogens with one attached hydrogen (secondary N) is 2. The zero-order valence-electron chi connectivity index (χ0n) is 14.5. The Morgan fingerprint density at radius 3 is 2.46 bits per heavy atom. The van der Waals surface area contributed by atoms with Crippen LogP contribution in [0.15, 0.2) is 77.7 Å². The van der Waals surface area contributed by atoms with E-state index in [1.165, 1.54) is 42.5 Å². The average molecular weight is 419 g/mol. The molecule has 28 heavy (non-hydrogen) atoms. The molecule has 0 heterocycles. The van der Waals surface area contributed by atoms with Crippen LogP contribution in [0.5, 0.6) is 0 Å². The lowest BCUT2D eigenvalue weighted by atomic mass is 10.2. The van der Waals surface area contributed by atoms with Crippen molar-refractivity contribution in [3.63, 3.8) is 0 Å². The van der Waals surface area contributed by atoms with Crippen molar-refractivity contribution in [2.24, 2.45) is 0 Å². The molecule has 0 atom stereocenters. The summed E-state index contributed by atoms with van der Waals surface area (Å²) in [6, 6.07) is 18.0. The summed E-state index contributed by atoms with van der Waals surface area (Å²) in [5, 5.41) is 3.26. The Kier molecular flexibility index (Phi) is 5.96. The third-order valence-corrected chi connectivity index (χ3v) is 5.47. The lowest BCUT2D eigenvalue weighted by Crippen LogP contribution is -2.23. The van der Waals surface area contributed by atoms with Gasteiger partial charge in [0.1, 0.15) is 5.82 Å². The van der Waals surface area contributed by atoms with Crippen LogP contribution < -0.4 is 10.0 Å². The monoisotopic (exact) mass is 418 g/mol. The highest BCUT2D eigenvalue weighted by Crippen LogP contribution is 2.19. The van der Waals surface area contributed by atoms with Crippen LogP contribution in [0.1, 0.15) is 15.9 Å². The molecule has 5 nitrogen and oxygen atoms in total. The number of benzene rings is 3. The number of hydrogen-bond acceptors (Lipinski definition) is 3. The predicted molar refractivity (Wildman–Crippen MR) is 106 cm³/mol. The van der Waals surface area contributed by atoms with Gasteiger partial charge in [0.2, 0.25) is 0 Å². The number of hydrogen-bond donors (Lipinski definition) is 2. The summed E-state index contributed by atoms with van der Waals surface area (Å²) < 4.78 is 41.0. The van der Waals surface area contributed by atoms with Gasteiger partial charge in [0, 0.05) is 17.1 Å². The second-order valence-electron chi connectivity index (χ2n) is 5.93. The van der Waals surface area contributed by atoms with Crippen molar-refractivity contribution in [3.05, 3.63) is 94.8 Å². The van der Waals surface area contributed by atoms with Gasteiger partial charge in [-0.15, -0.1) is 0 Å². The third kappa shape index (κ3) is 4.88. The SMILES string of the molecule is O=C(NCc1cccc(Cl)c1)c1cccc(S(=O)(=O)Nc2ccccc2F)c1. The van der Waals surface area contributed by atoms with Crippen molar-refractivity contribution in [3.8, 4) is 0 Å². The number of rotatable bonds is 6. The Morgan fingerprint density at radius 1 is 0.964 bits per heavy atom. The maximum absolute atomic E-state index is 13.7. The standard InChI is InChI=1S/C20H16ClFN2O3S/c21-16-7-3-5-14(11-16)13-23-20(25)15-6-4-8-17(12-15)28(26,27)24-19-10-2-1-9-18(19)22/h1-12,24H,13H2,(H,23,25). The minimum absolute atomic E-state index is 0.147. The first-order valence-corrected chi connectivity index (χ1v) is 10.1. The summed E-state index contributed by atoms with van der Waals surface area (Å²) in [5.41, 5.74) is 0.808. The molecule has 2 N–H and O–H groups in total. The highest BCUT2D eigenvalue weighted by molar-refractivity contribution is 7.92. The van der Waals surface area contributed by atoms with E-state index < -0.39 is 21.7 Å². The molecule has 0 aliphatic heterocycles. The largest absolute Gasteiger partial charge is 0.348 e. The number of sulfonamides is 1. The molecule has 0 aromatic heterocycles. The number of carbonyl (C=O) groups is 1. The first-order chi connectivity index (χ1) is 13.3. The quantitative estimate of drug-likeness (QED) is 0.629. The molecule has 0 aliphatic carbocycles. The van der Waals surface area contributed by atoms with Crippen LogP contribution in [0, 0.1) is 5.82 Å². The fourth-order valence-electron chi connectivity index (χ4n) is 2.48. The van der Waals surface area contributed by atoms with Crippen LogP contribution in [0.4, 0.5) is 10.1 Å². The molecule has 0 aliphatic rings. The second kappa shape index (κ2) is 8.41. The molecule has 8 heteroatoms. The summed E-state index contributed by atoms with van der Waals surface area (Å²) in [5.74, 6) is -1.13. The smallest absolute Gasteiger partial charge is 0.262 e. The maximum Gasteiger partial charge on any atom is 0.262 e. The Balaban J connectivity index is 1.75. The van der Waals surface area contributed by atoms with Crippen LogP contribution in [-0.4, -0.2) is 14.3 Å². The topological polar surface area (TPSA) is 75.3 Å². The molecule has 0 unspecified atom stereocenters. The van der Waals surface area contributed by atoms with E-state index in [0.29, 0.717) is 5.02 Å². The summed E-state index contributed by atoms with van der Waals surface area (Å²) in [6.45, 7) is 0.240. The van der Waals surface area contributed by atoms with E-state index in [0.717, 1.165) is 11.6 Å². The highest BCUT2D eigenvalue weighted by atomic mass is 35.5. The first-order valence-electron chi connectivity index (χ1n) is 8.25. The fourth-order valence-corrected chi connectivity index (χ4v) is 3.81. The van der Waals surface area contributed by atoms with Crippen LogP contribution in [0.25, 0.3) is 0 Å². The summed E-state index contributed by atoms with van der Waals surface area (Å²) in [7, 11) is -4.05. The van der Waals surface area contributed by atoms with E-state index >= 15 is 0 Å². The van der Waals surface area contributed by atoms with E-state index in [4.69, 9.17) is 11.6 Å². The Labute approximate surface area is 167 Å². The zero-order chi connectivity index (χ0) is 20.1. The van der Waals surface area contributed by atoms with Crippen molar-refractivity contribution in [1.82, 2.24) is 5.32 Å². The number of carbonyl (C=O) groups excluding carboxylic acids is 1. The lowest BCUT2D eigenvalue weighted by Gasteiger charge is -2.10. The molecule has 0 radical (unpaired) electrons. The van der Waals surface area contributed by atoms with Crippen LogP contribution in [-0.2, 0) is 16.6 Å². The maximum atomic E-state index is 13.7. The van der Waals surface area contributed by atoms with Crippen molar-refractivity contribution < 1.29 is 17.6 Å². The predicted octanol–water partition coefficient (Wildman–Crippen LogP) is 4.21. The molecule has 0 bridgehead atoms. The average Bonchev–Trinajstić information content (AvgIpc) is 2.68. The minimum atomic E-state index is -4.05. The van der Waals surface area contributed by atoms with Crippen molar-refractivity contribution in [2.45, 2.75) is 11.4 Å². The molecule has 144 valence electrons. The second-order valence-corrected chi connectivity index (χ2v) is 8.04. The molecule has 0 saturated heterocycles. The van der Waals surface area contributed by atoms with E-state index in [-0.39, 0.29) is 22.7 Å². The third-order valence-electron chi connectivity index (χ3n) is 3.87. The van der Waals surface area contributed by atoms with Crippen LogP contribution in [0.2, 0.25) is 5.02 Å². The Hall–Kier alpha value is -2.90. The summed E-state index contributed by atoms with van der Waals surface area (Å²) in [6.07, 6.45) is 0. The molecule has 0 spiro atoms. The summed E-state index contributed by atoms with van der Waals surface area (Å²) >= 11 is 5.91. The lowest BCUT2D eigenvalue weighted by molar-refractivity contribution is 0.0950. The molecular weight excluding hydrogens is 403 g/mol. The van der Waals surface area contributed by atoms with Gasteiger partial charge in [-0.05, 0) is 48.0 Å². The van der Waals surface area contributed by atoms with E-state index in [1.807, 2.05) is 6.07 Å². The van der Waals surface area contributed by atoms with Crippen molar-refractivity contribution in [1.29, 1.82) is 0 Å². The molecule has 0 saturated carbocycles. The Morgan fingerprint density at radius 2 is 1.71 bits per heavy atom. The normalized spacial score (nSPS) is 11.1. The van der Waals surface area contributed by atoms with E-state index in [2.05, 4.69) is 10.0 Å². The van der Waals surface area contributed by atoms with Gasteiger partial charge in [-0.25, -0.2) is 12.8 Å². The molecular formula is C20H16ClFN2O3S. The molecule has 3 rings (SSSR count). The van der Waals surface area contributed by atoms with Gasteiger partial charge in [-0.2, -0.15) is 0 Å². The van der Waals surface area contributed by atoms with E-state index in [9.17, 15) is 17.6 Å². The first kappa shape index (κ1) is 19.9. The van der Waals surface area contributed by atoms with Crippen LogP contribution >= 0.6 is 11.6 Å². The fraction of sp³-hybridized carbons (Fsp3) is 0.0500. The molecule has 3 aromatic carbocycles. The van der Waals surface area contributed by atoms with Gasteiger partial charge in [-0.3, -0.25) is 9.52 Å². The zero-order valence-corrected chi connectivity index (χ0v) is 16.1. The van der Waals surface area contributed by atoms with Gasteiger partial charge >= 0.3 is 0 Å². The van der Waals surface area contributed by atoms with Gasteiger partial charge < -0.3 is 5.32 Å². The molecule has 0 fully saturated rings. The van der Waals surface area contributed by atoms with Gasteiger partial charge in [0.25, 0.3) is 15.9 Å². The van der Waals surface area contributed by atoms with Gasteiger partial charge in [0.15, 0.2) is 0 Å².